The van der Waals surface area contributed by atoms with Crippen LogP contribution < -0.4 is 10.1 Å². The van der Waals surface area contributed by atoms with Crippen LogP contribution in [0, 0.1) is 5.92 Å². The molecule has 4 unspecified atom stereocenters. The van der Waals surface area contributed by atoms with Crippen LogP contribution >= 0.6 is 0 Å². The van der Waals surface area contributed by atoms with Crippen molar-refractivity contribution in [2.45, 2.75) is 71.2 Å². The van der Waals surface area contributed by atoms with E-state index in [9.17, 15) is 14.4 Å². The first-order valence-corrected chi connectivity index (χ1v) is 11.4. The lowest BCUT2D eigenvalue weighted by atomic mass is 9.94. The first kappa shape index (κ1) is 29.4. The summed E-state index contributed by atoms with van der Waals surface area (Å²) >= 11 is 0. The summed E-state index contributed by atoms with van der Waals surface area (Å²) in [6.07, 6.45) is 0.594. The molecule has 0 saturated carbocycles. The van der Waals surface area contributed by atoms with E-state index in [1.165, 1.54) is 14.2 Å². The van der Waals surface area contributed by atoms with Gasteiger partial charge < -0.3 is 29.5 Å². The van der Waals surface area contributed by atoms with Crippen molar-refractivity contribution in [1.82, 2.24) is 10.2 Å². The average Bonchev–Trinajstić information content (AvgIpc) is 3.29. The van der Waals surface area contributed by atoms with Gasteiger partial charge in [-0.3, -0.25) is 9.59 Å². The van der Waals surface area contributed by atoms with E-state index in [0.717, 1.165) is 13.5 Å². The zero-order chi connectivity index (χ0) is 26.1. The van der Waals surface area contributed by atoms with Crippen molar-refractivity contribution in [3.63, 3.8) is 0 Å². The van der Waals surface area contributed by atoms with E-state index in [2.05, 4.69) is 5.32 Å². The Kier molecular flexibility index (Phi) is 11.5. The number of ether oxygens (including phenoxy) is 3. The first-order chi connectivity index (χ1) is 16.0. The third-order valence-corrected chi connectivity index (χ3v) is 5.59. The normalized spacial score (nSPS) is 18.1. The minimum absolute atomic E-state index is 0.213. The molecular formula is C25H40N2O7. The first-order valence-electron chi connectivity index (χ1n) is 11.4. The molecule has 0 bridgehead atoms. The maximum atomic E-state index is 13.0. The maximum Gasteiger partial charge on any atom is 0.410 e. The van der Waals surface area contributed by atoms with Gasteiger partial charge in [-0.05, 0) is 52.7 Å². The SMILES string of the molecule is CO.COc1cccc(C(=O)C(C)NC(=O)C(C)C(OC)C2CCCN2C(=O)OC(C)(C)C)c1. The van der Waals surface area contributed by atoms with Gasteiger partial charge in [0.1, 0.15) is 11.4 Å². The topological polar surface area (TPSA) is 114 Å². The molecule has 1 heterocycles. The number of nitrogens with one attached hydrogen (secondary N) is 1. The summed E-state index contributed by atoms with van der Waals surface area (Å²) in [5, 5.41) is 9.79. The number of hydrogen-bond acceptors (Lipinski definition) is 7. The number of aliphatic hydroxyl groups is 1. The van der Waals surface area contributed by atoms with E-state index < -0.39 is 29.8 Å². The van der Waals surface area contributed by atoms with Gasteiger partial charge in [-0.2, -0.15) is 0 Å². The summed E-state index contributed by atoms with van der Waals surface area (Å²) in [6.45, 7) is 9.41. The molecule has 1 aliphatic heterocycles. The fourth-order valence-electron chi connectivity index (χ4n) is 3.96. The zero-order valence-electron chi connectivity index (χ0n) is 21.6. The maximum absolute atomic E-state index is 13.0. The fraction of sp³-hybridized carbons (Fsp3) is 0.640. The predicted octanol–water partition coefficient (Wildman–Crippen LogP) is 3.04. The predicted molar refractivity (Wildman–Crippen MR) is 129 cm³/mol. The van der Waals surface area contributed by atoms with Crippen LogP contribution in [0.3, 0.4) is 0 Å². The second kappa shape index (κ2) is 13.3. The van der Waals surface area contributed by atoms with Crippen molar-refractivity contribution in [2.24, 2.45) is 5.92 Å². The molecule has 0 spiro atoms. The van der Waals surface area contributed by atoms with E-state index in [1.807, 2.05) is 20.8 Å². The zero-order valence-corrected chi connectivity index (χ0v) is 21.6. The van der Waals surface area contributed by atoms with E-state index in [1.54, 1.807) is 43.0 Å². The highest BCUT2D eigenvalue weighted by Gasteiger charge is 2.41. The molecule has 9 heteroatoms. The number of nitrogens with zero attached hydrogens (tertiary/aromatic N) is 1. The molecule has 4 atom stereocenters. The van der Waals surface area contributed by atoms with Crippen LogP contribution in [0.2, 0.25) is 0 Å². The largest absolute Gasteiger partial charge is 0.497 e. The second-order valence-corrected chi connectivity index (χ2v) is 9.20. The molecule has 0 aromatic heterocycles. The second-order valence-electron chi connectivity index (χ2n) is 9.20. The fourth-order valence-corrected chi connectivity index (χ4v) is 3.96. The number of likely N-dealkylation sites (tertiary alicyclic amines) is 1. The number of amides is 2. The molecule has 0 radical (unpaired) electrons. The van der Waals surface area contributed by atoms with Crippen LogP contribution in [0.1, 0.15) is 57.8 Å². The summed E-state index contributed by atoms with van der Waals surface area (Å²) in [7, 11) is 4.07. The molecule has 1 aliphatic rings. The lowest BCUT2D eigenvalue weighted by Gasteiger charge is -2.35. The Morgan fingerprint density at radius 1 is 1.15 bits per heavy atom. The minimum atomic E-state index is -0.722. The number of hydrogen-bond donors (Lipinski definition) is 2. The third kappa shape index (κ3) is 7.99. The quantitative estimate of drug-likeness (QED) is 0.550. The summed E-state index contributed by atoms with van der Waals surface area (Å²) < 4.78 is 16.4. The molecule has 192 valence electrons. The van der Waals surface area contributed by atoms with Gasteiger partial charge in [0.2, 0.25) is 5.91 Å². The highest BCUT2D eigenvalue weighted by Crippen LogP contribution is 2.28. The number of Topliss-reactive ketones (excluding diaryl/α,β-unsaturated/α-hetero) is 1. The molecule has 1 saturated heterocycles. The van der Waals surface area contributed by atoms with E-state index in [-0.39, 0.29) is 17.7 Å². The molecule has 0 aliphatic carbocycles. The number of carbonyl (C=O) groups excluding carboxylic acids is 3. The Bertz CT molecular complexity index is 822. The lowest BCUT2D eigenvalue weighted by molar-refractivity contribution is -0.131. The summed E-state index contributed by atoms with van der Waals surface area (Å²) in [5.41, 5.74) is -0.147. The van der Waals surface area contributed by atoms with Gasteiger partial charge in [0.05, 0.1) is 31.2 Å². The Balaban J connectivity index is 0.00000281. The van der Waals surface area contributed by atoms with Crippen molar-refractivity contribution in [1.29, 1.82) is 0 Å². The molecule has 1 aromatic carbocycles. The summed E-state index contributed by atoms with van der Waals surface area (Å²) in [5.74, 6) is -0.523. The number of rotatable bonds is 8. The van der Waals surface area contributed by atoms with Crippen molar-refractivity contribution in [3.8, 4) is 5.75 Å². The van der Waals surface area contributed by atoms with Crippen LogP contribution in [0.5, 0.6) is 5.75 Å². The number of benzene rings is 1. The number of carbonyl (C=O) groups is 3. The standard InChI is InChI=1S/C24H36N2O6.CH4O/c1-15(21(31-7)19-12-9-13-26(19)23(29)32-24(3,4)5)22(28)25-16(2)20(27)17-10-8-11-18(14-17)30-6;1-2/h8,10-11,14-16,19,21H,9,12-13H2,1-7H3,(H,25,28);2H,1H3. The molecular weight excluding hydrogens is 440 g/mol. The van der Waals surface area contributed by atoms with Crippen molar-refractivity contribution in [3.05, 3.63) is 29.8 Å². The van der Waals surface area contributed by atoms with Crippen molar-refractivity contribution < 1.29 is 33.7 Å². The Morgan fingerprint density at radius 3 is 2.35 bits per heavy atom. The van der Waals surface area contributed by atoms with Gasteiger partial charge in [0, 0.05) is 26.3 Å². The van der Waals surface area contributed by atoms with E-state index in [0.29, 0.717) is 24.3 Å². The monoisotopic (exact) mass is 480 g/mol. The van der Waals surface area contributed by atoms with Crippen LogP contribution in [-0.4, -0.2) is 79.5 Å². The number of aliphatic hydroxyl groups excluding tert-OH is 1. The van der Waals surface area contributed by atoms with Gasteiger partial charge in [0.25, 0.3) is 0 Å². The molecule has 9 nitrogen and oxygen atoms in total. The highest BCUT2D eigenvalue weighted by atomic mass is 16.6. The van der Waals surface area contributed by atoms with E-state index >= 15 is 0 Å². The van der Waals surface area contributed by atoms with Gasteiger partial charge in [-0.25, -0.2) is 4.79 Å². The molecule has 34 heavy (non-hydrogen) atoms. The van der Waals surface area contributed by atoms with Crippen LogP contribution in [0.4, 0.5) is 4.79 Å². The molecule has 2 N–H and O–H groups in total. The van der Waals surface area contributed by atoms with Gasteiger partial charge >= 0.3 is 6.09 Å². The summed E-state index contributed by atoms with van der Waals surface area (Å²) in [4.78, 5) is 40.0. The Morgan fingerprint density at radius 2 is 1.79 bits per heavy atom. The van der Waals surface area contributed by atoms with Gasteiger partial charge in [-0.15, -0.1) is 0 Å². The van der Waals surface area contributed by atoms with Crippen LogP contribution in [0.25, 0.3) is 0 Å². The van der Waals surface area contributed by atoms with Crippen LogP contribution in [0.15, 0.2) is 24.3 Å². The average molecular weight is 481 g/mol. The van der Waals surface area contributed by atoms with Gasteiger partial charge in [0.15, 0.2) is 5.78 Å². The summed E-state index contributed by atoms with van der Waals surface area (Å²) in [6, 6.07) is 5.81. The minimum Gasteiger partial charge on any atom is -0.497 e. The molecule has 2 rings (SSSR count). The van der Waals surface area contributed by atoms with Crippen molar-refractivity contribution >= 4 is 17.8 Å². The molecule has 1 aromatic rings. The number of methoxy groups -OCH3 is 2. The smallest absolute Gasteiger partial charge is 0.410 e. The molecule has 1 fully saturated rings. The molecule has 2 amide bonds. The third-order valence-electron chi connectivity index (χ3n) is 5.59. The Labute approximate surface area is 202 Å². The van der Waals surface area contributed by atoms with Crippen LogP contribution in [-0.2, 0) is 14.3 Å². The van der Waals surface area contributed by atoms with Crippen molar-refractivity contribution in [2.75, 3.05) is 27.9 Å². The number of ketones is 1. The van der Waals surface area contributed by atoms with Gasteiger partial charge in [-0.1, -0.05) is 19.1 Å². The Hall–Kier alpha value is -2.65. The highest BCUT2D eigenvalue weighted by molar-refractivity contribution is 6.02. The van der Waals surface area contributed by atoms with E-state index in [4.69, 9.17) is 19.3 Å². The lowest BCUT2D eigenvalue weighted by Crippen LogP contribution is -2.52.